The molecule has 0 bridgehead atoms. The Morgan fingerprint density at radius 1 is 1.00 bits per heavy atom. The molecule has 4 aromatic rings. The van der Waals surface area contributed by atoms with Crippen molar-refractivity contribution in [2.45, 2.75) is 32.2 Å². The average Bonchev–Trinajstić information content (AvgIpc) is 3.29. The van der Waals surface area contributed by atoms with Crippen LogP contribution in [0.3, 0.4) is 0 Å². The van der Waals surface area contributed by atoms with E-state index in [1.807, 2.05) is 36.4 Å². The van der Waals surface area contributed by atoms with Crippen LogP contribution in [0.1, 0.15) is 36.5 Å². The molecule has 7 nitrogen and oxygen atoms in total. The van der Waals surface area contributed by atoms with Gasteiger partial charge in [0.25, 0.3) is 5.79 Å². The van der Waals surface area contributed by atoms with Crippen molar-refractivity contribution in [3.63, 3.8) is 0 Å². The molecule has 1 atom stereocenters. The zero-order chi connectivity index (χ0) is 27.0. The van der Waals surface area contributed by atoms with Gasteiger partial charge >= 0.3 is 11.9 Å². The molecule has 0 unspecified atom stereocenters. The Morgan fingerprint density at radius 2 is 1.68 bits per heavy atom. The number of benzene rings is 3. The summed E-state index contributed by atoms with van der Waals surface area (Å²) in [5, 5.41) is 1.52. The summed E-state index contributed by atoms with van der Waals surface area (Å²) in [4.78, 5) is 29.8. The number of carbonyl (C=O) groups is 2. The van der Waals surface area contributed by atoms with E-state index in [9.17, 15) is 9.59 Å². The number of aromatic amines is 1. The number of esters is 2. The van der Waals surface area contributed by atoms with Gasteiger partial charge in [0.2, 0.25) is 0 Å². The topological polar surface area (TPSA) is 86.9 Å². The van der Waals surface area contributed by atoms with Crippen LogP contribution in [-0.4, -0.2) is 29.8 Å². The number of carbonyl (C=O) groups excluding carboxylic acids is 2. The Kier molecular flexibility index (Phi) is 7.11. The van der Waals surface area contributed by atoms with Crippen LogP contribution in [0.2, 0.25) is 5.02 Å². The molecule has 9 heteroatoms. The van der Waals surface area contributed by atoms with Crippen LogP contribution in [0.25, 0.3) is 10.9 Å². The lowest BCUT2D eigenvalue weighted by molar-refractivity contribution is -0.240. The standard InChI is InChI=1S/C29H25BrClNO6/c1-29(2)37-27(33)26(28(34)38-29)25(20-14-32-22-7-5-4-6-18(20)22)19-12-23(35-3)24(13-21(19)30)36-15-16-8-10-17(31)11-9-16/h4-14,25-26,32H,15H2,1-3H3/t25-/m0/s1. The number of hydrogen-bond acceptors (Lipinski definition) is 6. The number of aromatic nitrogens is 1. The Labute approximate surface area is 233 Å². The molecule has 1 N–H and O–H groups in total. The van der Waals surface area contributed by atoms with Crippen molar-refractivity contribution in [3.05, 3.63) is 93.0 Å². The van der Waals surface area contributed by atoms with Crippen molar-refractivity contribution in [1.82, 2.24) is 4.98 Å². The lowest BCUT2D eigenvalue weighted by Crippen LogP contribution is -2.48. The molecule has 38 heavy (non-hydrogen) atoms. The summed E-state index contributed by atoms with van der Waals surface area (Å²) in [6, 6.07) is 18.6. The molecule has 1 aromatic heterocycles. The molecule has 0 amide bonds. The summed E-state index contributed by atoms with van der Waals surface area (Å²) in [6.45, 7) is 3.36. The first kappa shape index (κ1) is 26.1. The fourth-order valence-electron chi connectivity index (χ4n) is 4.68. The summed E-state index contributed by atoms with van der Waals surface area (Å²) in [6.07, 6.45) is 1.81. The van der Waals surface area contributed by atoms with Crippen LogP contribution in [0.4, 0.5) is 0 Å². The highest BCUT2D eigenvalue weighted by Crippen LogP contribution is 2.46. The van der Waals surface area contributed by atoms with Crippen molar-refractivity contribution in [2.75, 3.05) is 7.11 Å². The molecule has 0 radical (unpaired) electrons. The summed E-state index contributed by atoms with van der Waals surface area (Å²) < 4.78 is 23.4. The van der Waals surface area contributed by atoms with E-state index in [4.69, 9.17) is 30.5 Å². The molecule has 1 aliphatic rings. The third kappa shape index (κ3) is 5.11. The van der Waals surface area contributed by atoms with Crippen LogP contribution in [0, 0.1) is 5.92 Å². The highest BCUT2D eigenvalue weighted by atomic mass is 79.9. The molecule has 2 heterocycles. The van der Waals surface area contributed by atoms with Crippen molar-refractivity contribution >= 4 is 50.4 Å². The number of cyclic esters (lactones) is 2. The maximum Gasteiger partial charge on any atom is 0.324 e. The van der Waals surface area contributed by atoms with Gasteiger partial charge in [0.1, 0.15) is 6.61 Å². The van der Waals surface area contributed by atoms with E-state index in [-0.39, 0.29) is 0 Å². The number of halogens is 2. The second-order valence-electron chi connectivity index (χ2n) is 9.43. The minimum absolute atomic E-state index is 0.293. The third-order valence-corrected chi connectivity index (χ3v) is 7.35. The predicted molar refractivity (Wildman–Crippen MR) is 146 cm³/mol. The highest BCUT2D eigenvalue weighted by molar-refractivity contribution is 9.10. The largest absolute Gasteiger partial charge is 0.493 e. The molecule has 1 saturated heterocycles. The van der Waals surface area contributed by atoms with Gasteiger partial charge in [-0.2, -0.15) is 0 Å². The average molecular weight is 599 g/mol. The van der Waals surface area contributed by atoms with E-state index in [0.29, 0.717) is 33.2 Å². The number of ether oxygens (including phenoxy) is 4. The molecule has 5 rings (SSSR count). The highest BCUT2D eigenvalue weighted by Gasteiger charge is 2.49. The van der Waals surface area contributed by atoms with E-state index in [0.717, 1.165) is 22.0 Å². The van der Waals surface area contributed by atoms with Crippen molar-refractivity contribution < 1.29 is 28.5 Å². The van der Waals surface area contributed by atoms with Crippen LogP contribution in [-0.2, 0) is 25.7 Å². The molecule has 0 aliphatic carbocycles. The smallest absolute Gasteiger partial charge is 0.324 e. The van der Waals surface area contributed by atoms with Gasteiger partial charge in [-0.3, -0.25) is 9.59 Å². The van der Waals surface area contributed by atoms with E-state index in [1.54, 1.807) is 30.5 Å². The monoisotopic (exact) mass is 597 g/mol. The Morgan fingerprint density at radius 3 is 2.37 bits per heavy atom. The number of H-pyrrole nitrogens is 1. The number of methoxy groups -OCH3 is 1. The summed E-state index contributed by atoms with van der Waals surface area (Å²) >= 11 is 9.65. The van der Waals surface area contributed by atoms with E-state index < -0.39 is 29.6 Å². The number of nitrogens with one attached hydrogen (secondary N) is 1. The fourth-order valence-corrected chi connectivity index (χ4v) is 5.38. The number of fused-ring (bicyclic) bond motifs is 1. The van der Waals surface area contributed by atoms with Crippen LogP contribution in [0.5, 0.6) is 11.5 Å². The lowest BCUT2D eigenvalue weighted by atomic mass is 9.79. The van der Waals surface area contributed by atoms with Crippen molar-refractivity contribution in [2.24, 2.45) is 5.92 Å². The van der Waals surface area contributed by atoms with Gasteiger partial charge in [0.15, 0.2) is 17.4 Å². The SMILES string of the molecule is COc1cc([C@@H](c2c[nH]c3ccccc23)C2C(=O)OC(C)(C)OC2=O)c(Br)cc1OCc1ccc(Cl)cc1. The second-order valence-corrected chi connectivity index (χ2v) is 10.7. The van der Waals surface area contributed by atoms with Gasteiger partial charge in [-0.05, 0) is 47.0 Å². The normalized spacial score (nSPS) is 16.1. The molecule has 3 aromatic carbocycles. The van der Waals surface area contributed by atoms with Crippen LogP contribution >= 0.6 is 27.5 Å². The molecule has 0 spiro atoms. The van der Waals surface area contributed by atoms with Crippen LogP contribution in [0.15, 0.2) is 71.3 Å². The molecular formula is C29H25BrClNO6. The molecule has 1 aliphatic heterocycles. The number of rotatable bonds is 7. The Bertz CT molecular complexity index is 1490. The summed E-state index contributed by atoms with van der Waals surface area (Å²) in [7, 11) is 1.54. The van der Waals surface area contributed by atoms with E-state index in [1.165, 1.54) is 21.0 Å². The number of para-hydroxylation sites is 1. The number of hydrogen-bond donors (Lipinski definition) is 1. The quantitative estimate of drug-likeness (QED) is 0.187. The zero-order valence-electron chi connectivity index (χ0n) is 20.9. The van der Waals surface area contributed by atoms with Gasteiger partial charge in [-0.25, -0.2) is 0 Å². The Hall–Kier alpha value is -3.49. The summed E-state index contributed by atoms with van der Waals surface area (Å²) in [5.74, 6) is -3.69. The maximum absolute atomic E-state index is 13.3. The van der Waals surface area contributed by atoms with E-state index in [2.05, 4.69) is 20.9 Å². The lowest BCUT2D eigenvalue weighted by Gasteiger charge is -2.36. The molecular weight excluding hydrogens is 574 g/mol. The first-order chi connectivity index (χ1) is 18.2. The minimum Gasteiger partial charge on any atom is -0.493 e. The van der Waals surface area contributed by atoms with Gasteiger partial charge < -0.3 is 23.9 Å². The van der Waals surface area contributed by atoms with Gasteiger partial charge in [-0.15, -0.1) is 0 Å². The molecule has 196 valence electrons. The van der Waals surface area contributed by atoms with Crippen LogP contribution < -0.4 is 9.47 Å². The van der Waals surface area contributed by atoms with Crippen molar-refractivity contribution in [3.8, 4) is 11.5 Å². The fraction of sp³-hybridized carbons (Fsp3) is 0.241. The van der Waals surface area contributed by atoms with Crippen molar-refractivity contribution in [1.29, 1.82) is 0 Å². The minimum atomic E-state index is -1.34. The molecule has 0 saturated carbocycles. The van der Waals surface area contributed by atoms with Gasteiger partial charge in [0.05, 0.1) is 7.11 Å². The third-order valence-electron chi connectivity index (χ3n) is 6.42. The summed E-state index contributed by atoms with van der Waals surface area (Å²) in [5.41, 5.74) is 3.20. The predicted octanol–water partition coefficient (Wildman–Crippen LogP) is 6.76. The first-order valence-corrected chi connectivity index (χ1v) is 13.1. The second kappa shape index (κ2) is 10.3. The van der Waals surface area contributed by atoms with Gasteiger partial charge in [0, 0.05) is 46.4 Å². The first-order valence-electron chi connectivity index (χ1n) is 11.9. The van der Waals surface area contributed by atoms with Gasteiger partial charge in [-0.1, -0.05) is 57.9 Å². The Balaban J connectivity index is 1.59. The van der Waals surface area contributed by atoms with E-state index >= 15 is 0 Å². The maximum atomic E-state index is 13.3. The zero-order valence-corrected chi connectivity index (χ0v) is 23.3. The molecule has 1 fully saturated rings.